The van der Waals surface area contributed by atoms with E-state index in [9.17, 15) is 9.59 Å². The molecular weight excluding hydrogens is 298 g/mol. The minimum Gasteiger partial charge on any atom is -0.497 e. The van der Waals surface area contributed by atoms with Gasteiger partial charge in [-0.25, -0.2) is 5.01 Å². The topological polar surface area (TPSA) is 80.2 Å². The lowest BCUT2D eigenvalue weighted by Gasteiger charge is -2.21. The molecule has 2 rings (SSSR count). The summed E-state index contributed by atoms with van der Waals surface area (Å²) in [4.78, 5) is 23.7. The second-order valence-electron chi connectivity index (χ2n) is 5.27. The molecule has 0 saturated carbocycles. The summed E-state index contributed by atoms with van der Waals surface area (Å²) in [7, 11) is 4.70. The van der Waals surface area contributed by atoms with Crippen LogP contribution in [0.3, 0.4) is 0 Å². The SMILES string of the molecule is COc1ccc([C@@H](C)NC(=O)C2=NN(C)C(=O)CC2)c(OC)c1. The number of carbonyl (C=O) groups is 2. The summed E-state index contributed by atoms with van der Waals surface area (Å²) in [6.07, 6.45) is 0.643. The van der Waals surface area contributed by atoms with Crippen LogP contribution in [-0.4, -0.2) is 43.8 Å². The van der Waals surface area contributed by atoms with E-state index in [0.29, 0.717) is 30.1 Å². The third-order valence-electron chi connectivity index (χ3n) is 3.72. The van der Waals surface area contributed by atoms with E-state index in [0.717, 1.165) is 5.56 Å². The van der Waals surface area contributed by atoms with Crippen LogP contribution in [-0.2, 0) is 9.59 Å². The number of nitrogens with one attached hydrogen (secondary N) is 1. The molecule has 124 valence electrons. The van der Waals surface area contributed by atoms with Crippen molar-refractivity contribution in [1.29, 1.82) is 0 Å². The number of nitrogens with zero attached hydrogens (tertiary/aromatic N) is 2. The lowest BCUT2D eigenvalue weighted by Crippen LogP contribution is -2.38. The van der Waals surface area contributed by atoms with Crippen LogP contribution in [0.2, 0.25) is 0 Å². The number of rotatable bonds is 5. The van der Waals surface area contributed by atoms with Gasteiger partial charge in [0.1, 0.15) is 17.2 Å². The van der Waals surface area contributed by atoms with Crippen molar-refractivity contribution in [2.45, 2.75) is 25.8 Å². The molecule has 1 aliphatic heterocycles. The Labute approximate surface area is 135 Å². The van der Waals surface area contributed by atoms with Crippen molar-refractivity contribution in [3.63, 3.8) is 0 Å². The molecule has 0 saturated heterocycles. The number of methoxy groups -OCH3 is 2. The molecule has 23 heavy (non-hydrogen) atoms. The van der Waals surface area contributed by atoms with E-state index in [1.54, 1.807) is 27.3 Å². The van der Waals surface area contributed by atoms with Gasteiger partial charge in [0, 0.05) is 31.5 Å². The summed E-state index contributed by atoms with van der Waals surface area (Å²) in [5, 5.41) is 8.11. The van der Waals surface area contributed by atoms with Crippen molar-refractivity contribution >= 4 is 17.5 Å². The Hall–Kier alpha value is -2.57. The van der Waals surface area contributed by atoms with Crippen molar-refractivity contribution in [3.8, 4) is 11.5 Å². The Morgan fingerprint density at radius 3 is 2.65 bits per heavy atom. The largest absolute Gasteiger partial charge is 0.497 e. The maximum absolute atomic E-state index is 12.3. The summed E-state index contributed by atoms with van der Waals surface area (Å²) in [6.45, 7) is 1.86. The van der Waals surface area contributed by atoms with Gasteiger partial charge in [-0.3, -0.25) is 9.59 Å². The van der Waals surface area contributed by atoms with Gasteiger partial charge in [-0.1, -0.05) is 0 Å². The number of hydrogen-bond acceptors (Lipinski definition) is 5. The first-order chi connectivity index (χ1) is 11.0. The highest BCUT2D eigenvalue weighted by atomic mass is 16.5. The molecule has 0 radical (unpaired) electrons. The van der Waals surface area contributed by atoms with Gasteiger partial charge in [0.05, 0.1) is 20.3 Å². The minimum absolute atomic E-state index is 0.0913. The zero-order valence-corrected chi connectivity index (χ0v) is 13.8. The molecule has 0 bridgehead atoms. The average Bonchev–Trinajstić information content (AvgIpc) is 2.56. The van der Waals surface area contributed by atoms with Crippen LogP contribution >= 0.6 is 0 Å². The molecule has 1 aromatic carbocycles. The highest BCUT2D eigenvalue weighted by Gasteiger charge is 2.24. The second kappa shape index (κ2) is 7.13. The first-order valence-corrected chi connectivity index (χ1v) is 7.33. The first-order valence-electron chi connectivity index (χ1n) is 7.33. The maximum Gasteiger partial charge on any atom is 0.267 e. The fourth-order valence-corrected chi connectivity index (χ4v) is 2.37. The Balaban J connectivity index is 2.13. The molecule has 7 heteroatoms. The van der Waals surface area contributed by atoms with Crippen molar-refractivity contribution in [3.05, 3.63) is 23.8 Å². The van der Waals surface area contributed by atoms with E-state index < -0.39 is 0 Å². The highest BCUT2D eigenvalue weighted by molar-refractivity contribution is 6.39. The van der Waals surface area contributed by atoms with Gasteiger partial charge < -0.3 is 14.8 Å². The Bertz CT molecular complexity index is 642. The average molecular weight is 319 g/mol. The predicted molar refractivity (Wildman–Crippen MR) is 85.5 cm³/mol. The van der Waals surface area contributed by atoms with Gasteiger partial charge in [-0.05, 0) is 19.1 Å². The Morgan fingerprint density at radius 2 is 2.04 bits per heavy atom. The monoisotopic (exact) mass is 319 g/mol. The Morgan fingerprint density at radius 1 is 1.30 bits per heavy atom. The number of ether oxygens (including phenoxy) is 2. The quantitative estimate of drug-likeness (QED) is 0.891. The maximum atomic E-state index is 12.3. The number of hydrazone groups is 1. The van der Waals surface area contributed by atoms with Crippen LogP contribution in [0.15, 0.2) is 23.3 Å². The predicted octanol–water partition coefficient (Wildman–Crippen LogP) is 1.49. The van der Waals surface area contributed by atoms with Gasteiger partial charge in [0.25, 0.3) is 5.91 Å². The van der Waals surface area contributed by atoms with Crippen LogP contribution < -0.4 is 14.8 Å². The molecule has 1 N–H and O–H groups in total. The zero-order chi connectivity index (χ0) is 17.0. The summed E-state index contributed by atoms with van der Waals surface area (Å²) in [6, 6.07) is 5.16. The van der Waals surface area contributed by atoms with Crippen LogP contribution in [0.4, 0.5) is 0 Å². The Kier molecular flexibility index (Phi) is 5.20. The lowest BCUT2D eigenvalue weighted by molar-refractivity contribution is -0.130. The fraction of sp³-hybridized carbons (Fsp3) is 0.438. The van der Waals surface area contributed by atoms with Crippen LogP contribution in [0.25, 0.3) is 0 Å². The number of hydrogen-bond donors (Lipinski definition) is 1. The molecule has 0 spiro atoms. The van der Waals surface area contributed by atoms with E-state index in [1.165, 1.54) is 5.01 Å². The van der Waals surface area contributed by atoms with E-state index in [1.807, 2.05) is 19.1 Å². The molecule has 0 fully saturated rings. The summed E-state index contributed by atoms with van der Waals surface area (Å²) in [5.74, 6) is 0.942. The van der Waals surface area contributed by atoms with Crippen molar-refractivity contribution in [2.75, 3.05) is 21.3 Å². The lowest BCUT2D eigenvalue weighted by atomic mass is 10.1. The molecule has 1 heterocycles. The fourth-order valence-electron chi connectivity index (χ4n) is 2.37. The van der Waals surface area contributed by atoms with Gasteiger partial charge in [-0.2, -0.15) is 5.10 Å². The number of benzene rings is 1. The van der Waals surface area contributed by atoms with Gasteiger partial charge in [0.15, 0.2) is 0 Å². The van der Waals surface area contributed by atoms with Crippen LogP contribution in [0, 0.1) is 0 Å². The standard InChI is InChI=1S/C16H21N3O4/c1-10(12-6-5-11(22-3)9-14(12)23-4)17-16(21)13-7-8-15(20)19(2)18-13/h5-6,9-10H,7-8H2,1-4H3,(H,17,21)/t10-/m1/s1. The molecule has 1 atom stereocenters. The van der Waals surface area contributed by atoms with Gasteiger partial charge in [0.2, 0.25) is 5.91 Å². The van der Waals surface area contributed by atoms with Crippen LogP contribution in [0.5, 0.6) is 11.5 Å². The molecular formula is C16H21N3O4. The normalized spacial score (nSPS) is 15.7. The summed E-state index contributed by atoms with van der Waals surface area (Å²) in [5.41, 5.74) is 1.19. The van der Waals surface area contributed by atoms with Gasteiger partial charge in [-0.15, -0.1) is 0 Å². The molecule has 0 aromatic heterocycles. The molecule has 1 aliphatic rings. The van der Waals surface area contributed by atoms with E-state index in [2.05, 4.69) is 10.4 Å². The number of carbonyl (C=O) groups excluding carboxylic acids is 2. The molecule has 7 nitrogen and oxygen atoms in total. The molecule has 2 amide bonds. The van der Waals surface area contributed by atoms with E-state index in [-0.39, 0.29) is 17.9 Å². The summed E-state index contributed by atoms with van der Waals surface area (Å²) >= 11 is 0. The first kappa shape index (κ1) is 16.8. The second-order valence-corrected chi connectivity index (χ2v) is 5.27. The third-order valence-corrected chi connectivity index (χ3v) is 3.72. The minimum atomic E-state index is -0.283. The molecule has 1 aromatic rings. The molecule has 0 aliphatic carbocycles. The van der Waals surface area contributed by atoms with Crippen LogP contribution in [0.1, 0.15) is 31.4 Å². The van der Waals surface area contributed by atoms with E-state index in [4.69, 9.17) is 9.47 Å². The smallest absolute Gasteiger partial charge is 0.267 e. The third kappa shape index (κ3) is 3.80. The number of amides is 2. The van der Waals surface area contributed by atoms with Crippen molar-refractivity contribution in [1.82, 2.24) is 10.3 Å². The van der Waals surface area contributed by atoms with E-state index >= 15 is 0 Å². The highest BCUT2D eigenvalue weighted by Crippen LogP contribution is 2.29. The van der Waals surface area contributed by atoms with Gasteiger partial charge >= 0.3 is 0 Å². The van der Waals surface area contributed by atoms with Crippen molar-refractivity contribution in [2.24, 2.45) is 5.10 Å². The molecule has 0 unspecified atom stereocenters. The van der Waals surface area contributed by atoms with Crippen molar-refractivity contribution < 1.29 is 19.1 Å². The summed E-state index contributed by atoms with van der Waals surface area (Å²) < 4.78 is 10.5. The zero-order valence-electron chi connectivity index (χ0n) is 13.8.